The standard InChI is InChI=1S/C9H15N5O/c15-9(12-8-1-3-10-7-8)2-5-14-6-4-11-13-14/h4,6,8,10H,1-3,5,7H2,(H,12,15). The molecule has 6 nitrogen and oxygen atoms in total. The summed E-state index contributed by atoms with van der Waals surface area (Å²) in [7, 11) is 0. The first-order chi connectivity index (χ1) is 7.34. The fourth-order valence-electron chi connectivity index (χ4n) is 1.65. The highest BCUT2D eigenvalue weighted by Gasteiger charge is 2.16. The molecule has 0 radical (unpaired) electrons. The van der Waals surface area contributed by atoms with Gasteiger partial charge in [-0.05, 0) is 13.0 Å². The zero-order valence-corrected chi connectivity index (χ0v) is 8.52. The van der Waals surface area contributed by atoms with Gasteiger partial charge in [-0.2, -0.15) is 0 Å². The monoisotopic (exact) mass is 209 g/mol. The average molecular weight is 209 g/mol. The van der Waals surface area contributed by atoms with E-state index in [-0.39, 0.29) is 5.91 Å². The van der Waals surface area contributed by atoms with Gasteiger partial charge in [-0.15, -0.1) is 5.10 Å². The van der Waals surface area contributed by atoms with Crippen LogP contribution in [0.4, 0.5) is 0 Å². The molecular weight excluding hydrogens is 194 g/mol. The van der Waals surface area contributed by atoms with Crippen molar-refractivity contribution in [2.45, 2.75) is 25.4 Å². The number of carbonyl (C=O) groups excluding carboxylic acids is 1. The van der Waals surface area contributed by atoms with E-state index in [1.807, 2.05) is 0 Å². The third-order valence-corrected chi connectivity index (χ3v) is 2.47. The number of carbonyl (C=O) groups is 1. The second kappa shape index (κ2) is 4.88. The van der Waals surface area contributed by atoms with E-state index in [0.29, 0.717) is 19.0 Å². The molecule has 82 valence electrons. The number of rotatable bonds is 4. The van der Waals surface area contributed by atoms with Crippen LogP contribution < -0.4 is 10.6 Å². The van der Waals surface area contributed by atoms with Crippen molar-refractivity contribution in [3.63, 3.8) is 0 Å². The normalized spacial score (nSPS) is 20.4. The van der Waals surface area contributed by atoms with Crippen LogP contribution >= 0.6 is 0 Å². The van der Waals surface area contributed by atoms with Crippen molar-refractivity contribution in [2.75, 3.05) is 13.1 Å². The number of nitrogens with zero attached hydrogens (tertiary/aromatic N) is 3. The van der Waals surface area contributed by atoms with E-state index in [4.69, 9.17) is 0 Å². The number of aromatic nitrogens is 3. The van der Waals surface area contributed by atoms with Crippen molar-refractivity contribution in [1.82, 2.24) is 25.6 Å². The van der Waals surface area contributed by atoms with Crippen LogP contribution in [-0.2, 0) is 11.3 Å². The maximum Gasteiger partial charge on any atom is 0.222 e. The Balaban J connectivity index is 1.68. The Morgan fingerprint density at radius 1 is 1.67 bits per heavy atom. The molecule has 0 spiro atoms. The molecule has 1 aliphatic heterocycles. The minimum atomic E-state index is 0.0826. The molecule has 1 fully saturated rings. The third-order valence-electron chi connectivity index (χ3n) is 2.47. The van der Waals surface area contributed by atoms with Gasteiger partial charge in [0.1, 0.15) is 0 Å². The molecule has 2 heterocycles. The van der Waals surface area contributed by atoms with Crippen molar-refractivity contribution >= 4 is 5.91 Å². The van der Waals surface area contributed by atoms with E-state index in [0.717, 1.165) is 19.5 Å². The Morgan fingerprint density at radius 2 is 2.60 bits per heavy atom. The maximum atomic E-state index is 11.5. The Labute approximate surface area is 88.0 Å². The van der Waals surface area contributed by atoms with Crippen molar-refractivity contribution in [1.29, 1.82) is 0 Å². The quantitative estimate of drug-likeness (QED) is 0.677. The van der Waals surface area contributed by atoms with Crippen LogP contribution in [0, 0.1) is 0 Å². The van der Waals surface area contributed by atoms with Gasteiger partial charge in [-0.1, -0.05) is 5.21 Å². The molecule has 2 N–H and O–H groups in total. The highest BCUT2D eigenvalue weighted by Crippen LogP contribution is 1.98. The molecule has 0 saturated carbocycles. The first-order valence-corrected chi connectivity index (χ1v) is 5.19. The van der Waals surface area contributed by atoms with Gasteiger partial charge in [0.25, 0.3) is 0 Å². The second-order valence-corrected chi connectivity index (χ2v) is 3.67. The molecule has 15 heavy (non-hydrogen) atoms. The summed E-state index contributed by atoms with van der Waals surface area (Å²) < 4.78 is 1.66. The molecule has 1 amide bonds. The highest BCUT2D eigenvalue weighted by molar-refractivity contribution is 5.76. The van der Waals surface area contributed by atoms with E-state index in [1.54, 1.807) is 17.1 Å². The fourth-order valence-corrected chi connectivity index (χ4v) is 1.65. The van der Waals surface area contributed by atoms with E-state index in [1.165, 1.54) is 0 Å². The lowest BCUT2D eigenvalue weighted by atomic mass is 10.2. The Kier molecular flexibility index (Phi) is 3.29. The van der Waals surface area contributed by atoms with Crippen LogP contribution in [0.2, 0.25) is 0 Å². The van der Waals surface area contributed by atoms with Gasteiger partial charge in [0, 0.05) is 25.2 Å². The first kappa shape index (κ1) is 10.1. The number of amides is 1. The molecule has 1 aliphatic rings. The molecule has 1 aromatic rings. The number of hydrogen-bond donors (Lipinski definition) is 2. The van der Waals surface area contributed by atoms with E-state index in [9.17, 15) is 4.79 Å². The molecule has 6 heteroatoms. The maximum absolute atomic E-state index is 11.5. The number of aryl methyl sites for hydroxylation is 1. The van der Waals surface area contributed by atoms with Crippen molar-refractivity contribution in [3.8, 4) is 0 Å². The van der Waals surface area contributed by atoms with Gasteiger partial charge < -0.3 is 10.6 Å². The lowest BCUT2D eigenvalue weighted by Gasteiger charge is -2.10. The fraction of sp³-hybridized carbons (Fsp3) is 0.667. The van der Waals surface area contributed by atoms with Gasteiger partial charge in [0.15, 0.2) is 0 Å². The third kappa shape index (κ3) is 3.02. The molecule has 0 aromatic carbocycles. The molecule has 0 aliphatic carbocycles. The van der Waals surface area contributed by atoms with Crippen LogP contribution in [0.3, 0.4) is 0 Å². The van der Waals surface area contributed by atoms with Crippen LogP contribution in [0.1, 0.15) is 12.8 Å². The lowest BCUT2D eigenvalue weighted by molar-refractivity contribution is -0.121. The molecule has 1 saturated heterocycles. The Hall–Kier alpha value is -1.43. The average Bonchev–Trinajstić information content (AvgIpc) is 2.86. The second-order valence-electron chi connectivity index (χ2n) is 3.67. The van der Waals surface area contributed by atoms with Crippen molar-refractivity contribution in [2.24, 2.45) is 0 Å². The number of hydrogen-bond acceptors (Lipinski definition) is 4. The smallest absolute Gasteiger partial charge is 0.222 e. The molecule has 1 unspecified atom stereocenters. The summed E-state index contributed by atoms with van der Waals surface area (Å²) in [4.78, 5) is 11.5. The van der Waals surface area contributed by atoms with Gasteiger partial charge in [0.2, 0.25) is 5.91 Å². The summed E-state index contributed by atoms with van der Waals surface area (Å²) in [5.41, 5.74) is 0. The molecule has 1 atom stereocenters. The topological polar surface area (TPSA) is 71.8 Å². The van der Waals surface area contributed by atoms with Gasteiger partial charge in [-0.3, -0.25) is 9.48 Å². The molecule has 2 rings (SSSR count). The summed E-state index contributed by atoms with van der Waals surface area (Å²) in [6, 6.07) is 0.299. The highest BCUT2D eigenvalue weighted by atomic mass is 16.1. The van der Waals surface area contributed by atoms with Gasteiger partial charge >= 0.3 is 0 Å². The SMILES string of the molecule is O=C(CCn1ccnn1)NC1CCNC1. The summed E-state index contributed by atoms with van der Waals surface area (Å²) >= 11 is 0. The van der Waals surface area contributed by atoms with Crippen LogP contribution in [-0.4, -0.2) is 40.0 Å². The van der Waals surface area contributed by atoms with Crippen molar-refractivity contribution in [3.05, 3.63) is 12.4 Å². The molecule has 0 bridgehead atoms. The molecule has 1 aromatic heterocycles. The predicted molar refractivity (Wildman–Crippen MR) is 54.1 cm³/mol. The Bertz CT molecular complexity index is 304. The minimum absolute atomic E-state index is 0.0826. The Morgan fingerprint density at radius 3 is 3.27 bits per heavy atom. The van der Waals surface area contributed by atoms with E-state index < -0.39 is 0 Å². The summed E-state index contributed by atoms with van der Waals surface area (Å²) in [5.74, 6) is 0.0826. The van der Waals surface area contributed by atoms with Gasteiger partial charge in [0.05, 0.1) is 12.7 Å². The van der Waals surface area contributed by atoms with E-state index >= 15 is 0 Å². The minimum Gasteiger partial charge on any atom is -0.352 e. The zero-order valence-electron chi connectivity index (χ0n) is 8.52. The summed E-state index contributed by atoms with van der Waals surface area (Å²) in [6.45, 7) is 2.47. The first-order valence-electron chi connectivity index (χ1n) is 5.19. The predicted octanol–water partition coefficient (Wildman–Crippen LogP) is -0.854. The largest absolute Gasteiger partial charge is 0.352 e. The number of nitrogens with one attached hydrogen (secondary N) is 2. The van der Waals surface area contributed by atoms with Crippen molar-refractivity contribution < 1.29 is 4.79 Å². The zero-order chi connectivity index (χ0) is 10.5. The summed E-state index contributed by atoms with van der Waals surface area (Å²) in [6.07, 6.45) is 4.85. The lowest BCUT2D eigenvalue weighted by Crippen LogP contribution is -2.36. The van der Waals surface area contributed by atoms with Gasteiger partial charge in [-0.25, -0.2) is 0 Å². The molecular formula is C9H15N5O. The van der Waals surface area contributed by atoms with Crippen LogP contribution in [0.15, 0.2) is 12.4 Å². The summed E-state index contributed by atoms with van der Waals surface area (Å²) in [5, 5.41) is 13.7. The van der Waals surface area contributed by atoms with Crippen LogP contribution in [0.25, 0.3) is 0 Å². The van der Waals surface area contributed by atoms with E-state index in [2.05, 4.69) is 20.9 Å². The van der Waals surface area contributed by atoms with Crippen LogP contribution in [0.5, 0.6) is 0 Å².